The summed E-state index contributed by atoms with van der Waals surface area (Å²) in [5, 5.41) is 12.1. The van der Waals surface area contributed by atoms with Gasteiger partial charge in [-0.25, -0.2) is 0 Å². The van der Waals surface area contributed by atoms with Crippen molar-refractivity contribution in [3.63, 3.8) is 0 Å². The van der Waals surface area contributed by atoms with Crippen molar-refractivity contribution in [1.29, 1.82) is 0 Å². The molecule has 3 atom stereocenters. The lowest BCUT2D eigenvalue weighted by atomic mass is 9.80. The number of amides is 1. The van der Waals surface area contributed by atoms with Crippen LogP contribution in [0.4, 0.5) is 0 Å². The second-order valence-electron chi connectivity index (χ2n) is 5.21. The third kappa shape index (κ3) is 4.97. The highest BCUT2D eigenvalue weighted by Crippen LogP contribution is 2.28. The number of carbonyl (C=O) groups is 1. The summed E-state index contributed by atoms with van der Waals surface area (Å²) in [6, 6.07) is 0. The van der Waals surface area contributed by atoms with Gasteiger partial charge in [-0.3, -0.25) is 4.79 Å². The van der Waals surface area contributed by atoms with Crippen molar-refractivity contribution in [3.05, 3.63) is 0 Å². The lowest BCUT2D eigenvalue weighted by Gasteiger charge is -2.28. The zero-order chi connectivity index (χ0) is 12.0. The molecule has 1 rings (SSSR count). The smallest absolute Gasteiger partial charge is 0.220 e. The standard InChI is InChI=1S/C13H25NO2/c1-10-5-3-4-6-12(10)9-14-13(16)8-7-11(2)15/h10-12,15H,3-9H2,1-2H3,(H,14,16). The Labute approximate surface area is 98.6 Å². The van der Waals surface area contributed by atoms with Crippen LogP contribution in [0.2, 0.25) is 0 Å². The van der Waals surface area contributed by atoms with Crippen LogP contribution < -0.4 is 5.32 Å². The molecule has 0 bridgehead atoms. The predicted octanol–water partition coefficient (Wildman–Crippen LogP) is 2.09. The highest BCUT2D eigenvalue weighted by Gasteiger charge is 2.21. The van der Waals surface area contributed by atoms with Gasteiger partial charge in [0.15, 0.2) is 0 Å². The van der Waals surface area contributed by atoms with Gasteiger partial charge in [0.2, 0.25) is 5.91 Å². The second kappa shape index (κ2) is 6.89. The van der Waals surface area contributed by atoms with E-state index in [9.17, 15) is 4.79 Å². The fourth-order valence-electron chi connectivity index (χ4n) is 2.37. The largest absolute Gasteiger partial charge is 0.393 e. The van der Waals surface area contributed by atoms with Crippen LogP contribution in [0.3, 0.4) is 0 Å². The Bertz CT molecular complexity index is 216. The SMILES string of the molecule is CC(O)CCC(=O)NCC1CCCCC1C. The fraction of sp³-hybridized carbons (Fsp3) is 0.923. The first-order chi connectivity index (χ1) is 7.59. The number of rotatable bonds is 5. The Balaban J connectivity index is 2.15. The van der Waals surface area contributed by atoms with E-state index in [0.29, 0.717) is 18.8 Å². The van der Waals surface area contributed by atoms with Crippen LogP contribution in [-0.2, 0) is 4.79 Å². The molecular weight excluding hydrogens is 202 g/mol. The molecule has 3 nitrogen and oxygen atoms in total. The lowest BCUT2D eigenvalue weighted by molar-refractivity contribution is -0.121. The van der Waals surface area contributed by atoms with Crippen LogP contribution in [0.5, 0.6) is 0 Å². The molecule has 0 heterocycles. The van der Waals surface area contributed by atoms with Gasteiger partial charge in [-0.2, -0.15) is 0 Å². The minimum atomic E-state index is -0.376. The molecule has 0 radical (unpaired) electrons. The summed E-state index contributed by atoms with van der Waals surface area (Å²) in [6.45, 7) is 4.82. The van der Waals surface area contributed by atoms with E-state index in [-0.39, 0.29) is 12.0 Å². The van der Waals surface area contributed by atoms with Crippen LogP contribution in [0.15, 0.2) is 0 Å². The van der Waals surface area contributed by atoms with Crippen LogP contribution in [0.25, 0.3) is 0 Å². The number of hydrogen-bond acceptors (Lipinski definition) is 2. The van der Waals surface area contributed by atoms with Crippen LogP contribution in [-0.4, -0.2) is 23.7 Å². The van der Waals surface area contributed by atoms with Gasteiger partial charge >= 0.3 is 0 Å². The van der Waals surface area contributed by atoms with E-state index in [1.54, 1.807) is 6.92 Å². The summed E-state index contributed by atoms with van der Waals surface area (Å²) in [6.07, 6.45) is 5.82. The van der Waals surface area contributed by atoms with E-state index in [0.717, 1.165) is 12.5 Å². The Morgan fingerprint density at radius 3 is 2.75 bits per heavy atom. The first-order valence-corrected chi connectivity index (χ1v) is 6.54. The minimum Gasteiger partial charge on any atom is -0.393 e. The maximum Gasteiger partial charge on any atom is 0.220 e. The number of aliphatic hydroxyl groups excluding tert-OH is 1. The number of carbonyl (C=O) groups excluding carboxylic acids is 1. The second-order valence-corrected chi connectivity index (χ2v) is 5.21. The molecule has 1 fully saturated rings. The number of hydrogen-bond donors (Lipinski definition) is 2. The highest BCUT2D eigenvalue weighted by molar-refractivity contribution is 5.75. The number of nitrogens with one attached hydrogen (secondary N) is 1. The highest BCUT2D eigenvalue weighted by atomic mass is 16.3. The van der Waals surface area contributed by atoms with E-state index in [1.165, 1.54) is 25.7 Å². The molecule has 1 amide bonds. The third-order valence-electron chi connectivity index (χ3n) is 3.64. The molecular formula is C13H25NO2. The molecule has 2 N–H and O–H groups in total. The van der Waals surface area contributed by atoms with Gasteiger partial charge in [-0.1, -0.05) is 26.2 Å². The molecule has 0 aromatic carbocycles. The molecule has 1 saturated carbocycles. The van der Waals surface area contributed by atoms with Crippen LogP contribution in [0.1, 0.15) is 52.4 Å². The van der Waals surface area contributed by atoms with Crippen molar-refractivity contribution in [3.8, 4) is 0 Å². The third-order valence-corrected chi connectivity index (χ3v) is 3.64. The normalized spacial score (nSPS) is 27.4. The van der Waals surface area contributed by atoms with E-state index >= 15 is 0 Å². The molecule has 0 saturated heterocycles. The fourth-order valence-corrected chi connectivity index (χ4v) is 2.37. The molecule has 94 valence electrons. The minimum absolute atomic E-state index is 0.0821. The van der Waals surface area contributed by atoms with E-state index < -0.39 is 0 Å². The summed E-state index contributed by atoms with van der Waals surface area (Å²) in [4.78, 5) is 11.5. The van der Waals surface area contributed by atoms with E-state index in [2.05, 4.69) is 12.2 Å². The Hall–Kier alpha value is -0.570. The van der Waals surface area contributed by atoms with Gasteiger partial charge in [0.05, 0.1) is 6.10 Å². The summed E-state index contributed by atoms with van der Waals surface area (Å²) < 4.78 is 0. The first-order valence-electron chi connectivity index (χ1n) is 6.54. The van der Waals surface area contributed by atoms with Gasteiger partial charge in [-0.05, 0) is 31.6 Å². The zero-order valence-electron chi connectivity index (χ0n) is 10.5. The van der Waals surface area contributed by atoms with Crippen molar-refractivity contribution < 1.29 is 9.90 Å². The molecule has 0 aliphatic heterocycles. The van der Waals surface area contributed by atoms with Crippen LogP contribution in [0, 0.1) is 11.8 Å². The average molecular weight is 227 g/mol. The number of aliphatic hydroxyl groups is 1. The Morgan fingerprint density at radius 2 is 2.12 bits per heavy atom. The Kier molecular flexibility index (Phi) is 5.81. The monoisotopic (exact) mass is 227 g/mol. The van der Waals surface area contributed by atoms with Gasteiger partial charge in [0, 0.05) is 13.0 Å². The van der Waals surface area contributed by atoms with Gasteiger partial charge in [0.25, 0.3) is 0 Å². The first kappa shape index (κ1) is 13.5. The van der Waals surface area contributed by atoms with Gasteiger partial charge in [0.1, 0.15) is 0 Å². The van der Waals surface area contributed by atoms with Gasteiger partial charge in [-0.15, -0.1) is 0 Å². The maximum atomic E-state index is 11.5. The molecule has 0 aromatic heterocycles. The predicted molar refractivity (Wildman–Crippen MR) is 65.0 cm³/mol. The summed E-state index contributed by atoms with van der Waals surface area (Å²) in [7, 11) is 0. The zero-order valence-corrected chi connectivity index (χ0v) is 10.5. The van der Waals surface area contributed by atoms with Crippen molar-refractivity contribution in [2.24, 2.45) is 11.8 Å². The molecule has 3 heteroatoms. The van der Waals surface area contributed by atoms with Crippen molar-refractivity contribution in [2.45, 2.75) is 58.5 Å². The topological polar surface area (TPSA) is 49.3 Å². The molecule has 0 aromatic rings. The van der Waals surface area contributed by atoms with E-state index in [1.807, 2.05) is 0 Å². The van der Waals surface area contributed by atoms with Crippen LogP contribution >= 0.6 is 0 Å². The summed E-state index contributed by atoms with van der Waals surface area (Å²) >= 11 is 0. The molecule has 16 heavy (non-hydrogen) atoms. The van der Waals surface area contributed by atoms with Crippen molar-refractivity contribution in [1.82, 2.24) is 5.32 Å². The van der Waals surface area contributed by atoms with Gasteiger partial charge < -0.3 is 10.4 Å². The molecule has 3 unspecified atom stereocenters. The molecule has 1 aliphatic rings. The van der Waals surface area contributed by atoms with Crippen molar-refractivity contribution >= 4 is 5.91 Å². The average Bonchev–Trinajstić information content (AvgIpc) is 2.25. The van der Waals surface area contributed by atoms with Crippen molar-refractivity contribution in [2.75, 3.05) is 6.54 Å². The summed E-state index contributed by atoms with van der Waals surface area (Å²) in [5.41, 5.74) is 0. The Morgan fingerprint density at radius 1 is 1.44 bits per heavy atom. The quantitative estimate of drug-likeness (QED) is 0.755. The van der Waals surface area contributed by atoms with E-state index in [4.69, 9.17) is 5.11 Å². The summed E-state index contributed by atoms with van der Waals surface area (Å²) in [5.74, 6) is 1.48. The molecule has 1 aliphatic carbocycles. The maximum absolute atomic E-state index is 11.5. The molecule has 0 spiro atoms. The lowest BCUT2D eigenvalue weighted by Crippen LogP contribution is -2.33.